The summed E-state index contributed by atoms with van der Waals surface area (Å²) in [5, 5.41) is 9.29. The monoisotopic (exact) mass is 470 g/mol. The van der Waals surface area contributed by atoms with Crippen LogP contribution in [-0.4, -0.2) is 54.7 Å². The second-order valence-corrected chi connectivity index (χ2v) is 9.29. The SMILES string of the molecule is N=C(N)N1CCC(COc2cc(Cl)cc(C(=O)N3CCC(Cc4ccccc4)CC3)c2)CO1. The molecule has 0 radical (unpaired) electrons. The number of likely N-dealkylation sites (tertiary alicyclic amines) is 1. The van der Waals surface area contributed by atoms with Gasteiger partial charge in [-0.2, -0.15) is 0 Å². The molecule has 2 heterocycles. The number of guanidine groups is 1. The lowest BCUT2D eigenvalue weighted by atomic mass is 9.90. The maximum absolute atomic E-state index is 13.1. The van der Waals surface area contributed by atoms with E-state index in [9.17, 15) is 4.79 Å². The largest absolute Gasteiger partial charge is 0.493 e. The van der Waals surface area contributed by atoms with Crippen LogP contribution < -0.4 is 10.5 Å². The minimum Gasteiger partial charge on any atom is -0.493 e. The summed E-state index contributed by atoms with van der Waals surface area (Å²) in [7, 11) is 0. The van der Waals surface area contributed by atoms with Gasteiger partial charge in [-0.1, -0.05) is 41.9 Å². The number of nitrogens with one attached hydrogen (secondary N) is 1. The summed E-state index contributed by atoms with van der Waals surface area (Å²) in [5.41, 5.74) is 7.36. The molecule has 0 aromatic heterocycles. The Morgan fingerprint density at radius 1 is 1.09 bits per heavy atom. The van der Waals surface area contributed by atoms with Crippen molar-refractivity contribution in [2.75, 3.05) is 32.8 Å². The van der Waals surface area contributed by atoms with Crippen LogP contribution in [0.2, 0.25) is 5.02 Å². The van der Waals surface area contributed by atoms with Gasteiger partial charge in [0.1, 0.15) is 5.75 Å². The van der Waals surface area contributed by atoms with E-state index >= 15 is 0 Å². The molecule has 3 N–H and O–H groups in total. The summed E-state index contributed by atoms with van der Waals surface area (Å²) < 4.78 is 5.95. The van der Waals surface area contributed by atoms with Gasteiger partial charge < -0.3 is 15.4 Å². The van der Waals surface area contributed by atoms with Gasteiger partial charge in [0, 0.05) is 36.1 Å². The third-order valence-electron chi connectivity index (χ3n) is 6.35. The molecule has 2 aromatic rings. The number of rotatable bonds is 6. The van der Waals surface area contributed by atoms with Crippen molar-refractivity contribution in [3.63, 3.8) is 0 Å². The molecule has 4 rings (SSSR count). The van der Waals surface area contributed by atoms with E-state index in [-0.39, 0.29) is 17.8 Å². The Hall–Kier alpha value is -2.77. The van der Waals surface area contributed by atoms with Gasteiger partial charge in [-0.05, 0) is 55.4 Å². The summed E-state index contributed by atoms with van der Waals surface area (Å²) >= 11 is 6.30. The van der Waals surface area contributed by atoms with Crippen molar-refractivity contribution < 1.29 is 14.4 Å². The first-order chi connectivity index (χ1) is 16.0. The zero-order chi connectivity index (χ0) is 23.2. The number of carbonyl (C=O) groups excluding carboxylic acids is 1. The minimum atomic E-state index is -0.0866. The lowest BCUT2D eigenvalue weighted by molar-refractivity contribution is -0.149. The maximum atomic E-state index is 13.1. The quantitative estimate of drug-likeness (QED) is 0.492. The van der Waals surface area contributed by atoms with Gasteiger partial charge in [0.15, 0.2) is 0 Å². The highest BCUT2D eigenvalue weighted by Crippen LogP contribution is 2.26. The van der Waals surface area contributed by atoms with E-state index in [1.165, 1.54) is 10.6 Å². The van der Waals surface area contributed by atoms with Crippen LogP contribution in [0.4, 0.5) is 0 Å². The number of nitrogens with two attached hydrogens (primary N) is 1. The highest BCUT2D eigenvalue weighted by atomic mass is 35.5. The molecule has 2 aliphatic heterocycles. The Morgan fingerprint density at radius 2 is 1.82 bits per heavy atom. The van der Waals surface area contributed by atoms with Crippen molar-refractivity contribution in [2.24, 2.45) is 17.6 Å². The van der Waals surface area contributed by atoms with Crippen LogP contribution in [0.3, 0.4) is 0 Å². The van der Waals surface area contributed by atoms with E-state index in [4.69, 9.17) is 32.3 Å². The smallest absolute Gasteiger partial charge is 0.254 e. The van der Waals surface area contributed by atoms with Crippen molar-refractivity contribution in [3.05, 3.63) is 64.7 Å². The first-order valence-corrected chi connectivity index (χ1v) is 11.9. The van der Waals surface area contributed by atoms with Gasteiger partial charge in [-0.25, -0.2) is 5.06 Å². The Bertz CT molecular complexity index is 955. The third kappa shape index (κ3) is 6.39. The minimum absolute atomic E-state index is 0.00129. The molecule has 8 heteroatoms. The number of piperidine rings is 1. The number of nitrogens with zero attached hydrogens (tertiary/aromatic N) is 2. The van der Waals surface area contributed by atoms with E-state index in [2.05, 4.69) is 24.3 Å². The van der Waals surface area contributed by atoms with Crippen LogP contribution in [0.1, 0.15) is 35.2 Å². The first kappa shape index (κ1) is 23.4. The normalized spacial score (nSPS) is 19.4. The Balaban J connectivity index is 1.29. The predicted octanol–water partition coefficient (Wildman–Crippen LogP) is 3.96. The van der Waals surface area contributed by atoms with Crippen LogP contribution in [0.15, 0.2) is 48.5 Å². The summed E-state index contributed by atoms with van der Waals surface area (Å²) in [6.07, 6.45) is 3.88. The fraction of sp³-hybridized carbons (Fsp3) is 0.440. The highest BCUT2D eigenvalue weighted by Gasteiger charge is 2.25. The molecule has 0 saturated carbocycles. The highest BCUT2D eigenvalue weighted by molar-refractivity contribution is 6.31. The first-order valence-electron chi connectivity index (χ1n) is 11.5. The van der Waals surface area contributed by atoms with Crippen molar-refractivity contribution in [1.82, 2.24) is 9.96 Å². The Kier molecular flexibility index (Phi) is 7.73. The van der Waals surface area contributed by atoms with E-state index in [0.717, 1.165) is 38.8 Å². The van der Waals surface area contributed by atoms with Crippen molar-refractivity contribution in [3.8, 4) is 5.75 Å². The molecule has 2 aliphatic rings. The molecule has 33 heavy (non-hydrogen) atoms. The molecule has 0 aliphatic carbocycles. The van der Waals surface area contributed by atoms with Gasteiger partial charge in [-0.3, -0.25) is 15.0 Å². The van der Waals surface area contributed by atoms with Gasteiger partial charge in [0.25, 0.3) is 5.91 Å². The summed E-state index contributed by atoms with van der Waals surface area (Å²) in [4.78, 5) is 20.5. The number of benzene rings is 2. The second kappa shape index (κ2) is 10.9. The fourth-order valence-corrected chi connectivity index (χ4v) is 4.64. The molecule has 1 atom stereocenters. The fourth-order valence-electron chi connectivity index (χ4n) is 4.42. The average Bonchev–Trinajstić information content (AvgIpc) is 2.83. The molecule has 2 aromatic carbocycles. The molecule has 0 bridgehead atoms. The van der Waals surface area contributed by atoms with Crippen molar-refractivity contribution in [1.29, 1.82) is 5.41 Å². The number of halogens is 1. The summed E-state index contributed by atoms with van der Waals surface area (Å²) in [6.45, 7) is 2.95. The molecule has 176 valence electrons. The molecule has 2 saturated heterocycles. The number of hydrogen-bond donors (Lipinski definition) is 2. The van der Waals surface area contributed by atoms with Crippen LogP contribution >= 0.6 is 11.6 Å². The molecule has 7 nitrogen and oxygen atoms in total. The summed E-state index contributed by atoms with van der Waals surface area (Å²) in [6, 6.07) is 15.8. The zero-order valence-electron chi connectivity index (χ0n) is 18.7. The van der Waals surface area contributed by atoms with Crippen LogP contribution in [-0.2, 0) is 11.3 Å². The average molecular weight is 471 g/mol. The lowest BCUT2D eigenvalue weighted by Crippen LogP contribution is -2.43. The van der Waals surface area contributed by atoms with Crippen LogP contribution in [0.25, 0.3) is 0 Å². The number of amides is 1. The van der Waals surface area contributed by atoms with Crippen molar-refractivity contribution in [2.45, 2.75) is 25.7 Å². The van der Waals surface area contributed by atoms with E-state index < -0.39 is 0 Å². The number of hydrogen-bond acceptors (Lipinski definition) is 4. The second-order valence-electron chi connectivity index (χ2n) is 8.85. The molecule has 0 spiro atoms. The van der Waals surface area contributed by atoms with Crippen molar-refractivity contribution >= 4 is 23.5 Å². The Labute approximate surface area is 199 Å². The van der Waals surface area contributed by atoms with Crippen LogP contribution in [0.5, 0.6) is 5.75 Å². The molecule has 1 amide bonds. The summed E-state index contributed by atoms with van der Waals surface area (Å²) in [5.74, 6) is 1.28. The van der Waals surface area contributed by atoms with Gasteiger partial charge in [0.05, 0.1) is 13.2 Å². The Morgan fingerprint density at radius 3 is 2.48 bits per heavy atom. The molecular weight excluding hydrogens is 440 g/mol. The number of ether oxygens (including phenoxy) is 1. The van der Waals surface area contributed by atoms with E-state index in [1.807, 2.05) is 11.0 Å². The zero-order valence-corrected chi connectivity index (χ0v) is 19.5. The third-order valence-corrected chi connectivity index (χ3v) is 6.57. The molecular formula is C25H31ClN4O3. The number of hydroxylamine groups is 2. The number of carbonyl (C=O) groups is 1. The molecule has 1 unspecified atom stereocenters. The lowest BCUT2D eigenvalue weighted by Gasteiger charge is -2.32. The predicted molar refractivity (Wildman–Crippen MR) is 128 cm³/mol. The van der Waals surface area contributed by atoms with E-state index in [0.29, 0.717) is 42.0 Å². The topological polar surface area (TPSA) is 91.9 Å². The van der Waals surface area contributed by atoms with Gasteiger partial charge >= 0.3 is 0 Å². The standard InChI is InChI=1S/C25H31ClN4O3/c26-22-13-21(14-23(15-22)32-16-20-8-11-30(25(27)28)33-17-20)24(31)29-9-6-19(7-10-29)12-18-4-2-1-3-5-18/h1-5,13-15,19-20H,6-12,16-17H2,(H3,27,28). The molecule has 2 fully saturated rings. The van der Waals surface area contributed by atoms with Gasteiger partial charge in [0.2, 0.25) is 5.96 Å². The van der Waals surface area contributed by atoms with Gasteiger partial charge in [-0.15, -0.1) is 0 Å². The van der Waals surface area contributed by atoms with Crippen LogP contribution in [0, 0.1) is 17.2 Å². The van der Waals surface area contributed by atoms with E-state index in [1.54, 1.807) is 18.2 Å². The maximum Gasteiger partial charge on any atom is 0.254 e.